The quantitative estimate of drug-likeness (QED) is 0.291. The first-order valence-electron chi connectivity index (χ1n) is 10.8. The molecule has 0 N–H and O–H groups in total. The number of ether oxygens (including phenoxy) is 1. The summed E-state index contributed by atoms with van der Waals surface area (Å²) in [5.41, 5.74) is 5.98. The molecule has 7 heteroatoms. The minimum atomic E-state index is -0.476. The third-order valence-corrected chi connectivity index (χ3v) is 5.82. The van der Waals surface area contributed by atoms with E-state index in [-0.39, 0.29) is 6.61 Å². The van der Waals surface area contributed by atoms with Crippen molar-refractivity contribution in [2.45, 2.75) is 20.5 Å². The van der Waals surface area contributed by atoms with Crippen molar-refractivity contribution < 1.29 is 9.53 Å². The van der Waals surface area contributed by atoms with Gasteiger partial charge in [0, 0.05) is 16.0 Å². The number of rotatable bonds is 5. The number of fused-ring (bicyclic) bond motifs is 1. The van der Waals surface area contributed by atoms with Crippen LogP contribution >= 0.6 is 11.6 Å². The highest BCUT2D eigenvalue weighted by Crippen LogP contribution is 2.35. The normalized spacial score (nSPS) is 11.0. The molecule has 0 aliphatic rings. The number of carbonyl (C=O) groups excluding carboxylic acids is 1. The van der Waals surface area contributed by atoms with Crippen LogP contribution in [0.3, 0.4) is 0 Å². The first-order valence-corrected chi connectivity index (χ1v) is 11.2. The van der Waals surface area contributed by atoms with Gasteiger partial charge in [0.05, 0.1) is 28.7 Å². The monoisotopic (exact) mass is 468 g/mol. The number of benzene rings is 3. The van der Waals surface area contributed by atoms with Crippen molar-refractivity contribution >= 4 is 28.5 Å². The maximum Gasteiger partial charge on any atom is 0.341 e. The highest BCUT2D eigenvalue weighted by atomic mass is 35.5. The molecule has 6 nitrogen and oxygen atoms in total. The van der Waals surface area contributed by atoms with E-state index < -0.39 is 5.97 Å². The van der Waals surface area contributed by atoms with Gasteiger partial charge in [-0.2, -0.15) is 0 Å². The molecule has 0 spiro atoms. The number of pyridine rings is 1. The fourth-order valence-electron chi connectivity index (χ4n) is 3.91. The smallest absolute Gasteiger partial charge is 0.341 e. The molecule has 0 radical (unpaired) electrons. The summed E-state index contributed by atoms with van der Waals surface area (Å²) in [5.74, 6) is -0.476. The number of hydrogen-bond acceptors (Lipinski definition) is 5. The number of aromatic nitrogens is 4. The molecular weight excluding hydrogens is 448 g/mol. The number of halogens is 1. The molecule has 3 aromatic carbocycles. The van der Waals surface area contributed by atoms with E-state index in [2.05, 4.69) is 15.3 Å². The summed E-state index contributed by atoms with van der Waals surface area (Å²) in [6, 6.07) is 23.1. The van der Waals surface area contributed by atoms with Crippen LogP contribution in [0.1, 0.15) is 27.3 Å². The lowest BCUT2D eigenvalue weighted by Gasteiger charge is -2.15. The van der Waals surface area contributed by atoms with Crippen LogP contribution in [0.2, 0.25) is 5.02 Å². The van der Waals surface area contributed by atoms with Crippen LogP contribution in [0, 0.1) is 13.8 Å². The number of nitrogens with zero attached hydrogens (tertiary/aromatic N) is 4. The van der Waals surface area contributed by atoms with Crippen LogP contribution in [0.25, 0.3) is 27.7 Å². The summed E-state index contributed by atoms with van der Waals surface area (Å²) in [6.45, 7) is 3.83. The first kappa shape index (κ1) is 21.8. The zero-order chi connectivity index (χ0) is 23.7. The third kappa shape index (κ3) is 4.28. The Morgan fingerprint density at radius 1 is 1.00 bits per heavy atom. The summed E-state index contributed by atoms with van der Waals surface area (Å²) >= 11 is 6.29. The van der Waals surface area contributed by atoms with Crippen LogP contribution in [-0.2, 0) is 11.3 Å². The van der Waals surface area contributed by atoms with Crippen LogP contribution in [0.4, 0.5) is 0 Å². The SMILES string of the molecule is Cc1ccc(-n2cc(COC(=O)c3c(C)nc4ccc(Cl)cc4c3-c3ccccc3)nn2)cc1. The molecule has 5 rings (SSSR count). The Labute approximate surface area is 201 Å². The number of hydrogen-bond donors (Lipinski definition) is 0. The van der Waals surface area contributed by atoms with Gasteiger partial charge in [0.25, 0.3) is 0 Å². The van der Waals surface area contributed by atoms with Gasteiger partial charge in [-0.1, -0.05) is 64.8 Å². The zero-order valence-electron chi connectivity index (χ0n) is 18.7. The van der Waals surface area contributed by atoms with Crippen LogP contribution in [0.5, 0.6) is 0 Å². The van der Waals surface area contributed by atoms with Gasteiger partial charge >= 0.3 is 5.97 Å². The summed E-state index contributed by atoms with van der Waals surface area (Å²) < 4.78 is 7.33. The lowest BCUT2D eigenvalue weighted by molar-refractivity contribution is 0.0467. The van der Waals surface area contributed by atoms with E-state index in [1.807, 2.05) is 80.6 Å². The van der Waals surface area contributed by atoms with Crippen molar-refractivity contribution in [3.63, 3.8) is 0 Å². The van der Waals surface area contributed by atoms with Crippen LogP contribution in [0.15, 0.2) is 79.0 Å². The molecule has 168 valence electrons. The minimum Gasteiger partial charge on any atom is -0.455 e. The van der Waals surface area contributed by atoms with Crippen molar-refractivity contribution in [2.24, 2.45) is 0 Å². The van der Waals surface area contributed by atoms with E-state index in [0.717, 1.165) is 33.3 Å². The Morgan fingerprint density at radius 2 is 1.76 bits per heavy atom. The van der Waals surface area contributed by atoms with Gasteiger partial charge in [-0.15, -0.1) is 5.10 Å². The Bertz CT molecular complexity index is 1500. The average molecular weight is 469 g/mol. The second kappa shape index (κ2) is 9.08. The second-order valence-corrected chi connectivity index (χ2v) is 8.48. The molecule has 2 heterocycles. The van der Waals surface area contributed by atoms with Gasteiger partial charge in [-0.25, -0.2) is 9.48 Å². The van der Waals surface area contributed by atoms with Crippen LogP contribution < -0.4 is 0 Å². The molecule has 0 saturated heterocycles. The molecule has 0 aliphatic carbocycles. The van der Waals surface area contributed by atoms with E-state index in [1.54, 1.807) is 16.9 Å². The molecule has 0 amide bonds. The van der Waals surface area contributed by atoms with Gasteiger partial charge in [-0.05, 0) is 49.7 Å². The van der Waals surface area contributed by atoms with Gasteiger partial charge < -0.3 is 4.74 Å². The van der Waals surface area contributed by atoms with Crippen molar-refractivity contribution in [1.29, 1.82) is 0 Å². The topological polar surface area (TPSA) is 69.9 Å². The van der Waals surface area contributed by atoms with E-state index in [0.29, 0.717) is 22.0 Å². The highest BCUT2D eigenvalue weighted by molar-refractivity contribution is 6.31. The fraction of sp³-hybridized carbons (Fsp3) is 0.111. The number of aryl methyl sites for hydroxylation is 2. The molecule has 0 atom stereocenters. The summed E-state index contributed by atoms with van der Waals surface area (Å²) in [6.07, 6.45) is 1.75. The minimum absolute atomic E-state index is 0.00799. The fourth-order valence-corrected chi connectivity index (χ4v) is 4.08. The molecule has 0 saturated carbocycles. The summed E-state index contributed by atoms with van der Waals surface area (Å²) in [4.78, 5) is 18.0. The highest BCUT2D eigenvalue weighted by Gasteiger charge is 2.22. The molecular formula is C27H21ClN4O2. The van der Waals surface area contributed by atoms with Gasteiger partial charge in [0.1, 0.15) is 12.3 Å². The second-order valence-electron chi connectivity index (χ2n) is 8.04. The lowest BCUT2D eigenvalue weighted by atomic mass is 9.94. The first-order chi connectivity index (χ1) is 16.5. The lowest BCUT2D eigenvalue weighted by Crippen LogP contribution is -2.11. The van der Waals surface area contributed by atoms with Crippen molar-refractivity contribution in [3.05, 3.63) is 107 Å². The molecule has 0 fully saturated rings. The largest absolute Gasteiger partial charge is 0.455 e. The molecule has 0 unspecified atom stereocenters. The predicted molar refractivity (Wildman–Crippen MR) is 132 cm³/mol. The van der Waals surface area contributed by atoms with E-state index in [9.17, 15) is 4.79 Å². The van der Waals surface area contributed by atoms with Gasteiger partial charge in [0.2, 0.25) is 0 Å². The maximum atomic E-state index is 13.3. The number of esters is 1. The Hall–Kier alpha value is -4.03. The summed E-state index contributed by atoms with van der Waals surface area (Å²) in [5, 5.41) is 9.66. The molecule has 0 aliphatic heterocycles. The van der Waals surface area contributed by atoms with Crippen LogP contribution in [-0.4, -0.2) is 25.9 Å². The molecule has 34 heavy (non-hydrogen) atoms. The average Bonchev–Trinajstić information content (AvgIpc) is 3.32. The predicted octanol–water partition coefficient (Wildman–Crippen LogP) is 6.11. The standard InChI is InChI=1S/C27H21ClN4O2/c1-17-8-11-22(12-9-17)32-15-21(30-31-32)16-34-27(33)25-18(2)29-24-13-10-20(28)14-23(24)26(25)19-6-4-3-5-7-19/h3-15H,16H2,1-2H3. The van der Waals surface area contributed by atoms with E-state index in [4.69, 9.17) is 16.3 Å². The van der Waals surface area contributed by atoms with E-state index >= 15 is 0 Å². The third-order valence-electron chi connectivity index (χ3n) is 5.58. The Morgan fingerprint density at radius 3 is 2.53 bits per heavy atom. The molecule has 2 aromatic heterocycles. The molecule has 0 bridgehead atoms. The Balaban J connectivity index is 1.48. The van der Waals surface area contributed by atoms with Crippen molar-refractivity contribution in [2.75, 3.05) is 0 Å². The number of carbonyl (C=O) groups is 1. The van der Waals surface area contributed by atoms with E-state index in [1.165, 1.54) is 0 Å². The molecule has 5 aromatic rings. The van der Waals surface area contributed by atoms with Gasteiger partial charge in [0.15, 0.2) is 0 Å². The van der Waals surface area contributed by atoms with Crippen molar-refractivity contribution in [1.82, 2.24) is 20.0 Å². The van der Waals surface area contributed by atoms with Gasteiger partial charge in [-0.3, -0.25) is 4.98 Å². The van der Waals surface area contributed by atoms with Crippen molar-refractivity contribution in [3.8, 4) is 16.8 Å². The summed E-state index contributed by atoms with van der Waals surface area (Å²) in [7, 11) is 0. The maximum absolute atomic E-state index is 13.3. The Kier molecular flexibility index (Phi) is 5.82. The zero-order valence-corrected chi connectivity index (χ0v) is 19.5.